The van der Waals surface area contributed by atoms with E-state index in [0.29, 0.717) is 28.1 Å². The zero-order valence-corrected chi connectivity index (χ0v) is 19.2. The summed E-state index contributed by atoms with van der Waals surface area (Å²) in [5.74, 6) is 6.66. The van der Waals surface area contributed by atoms with E-state index in [4.69, 9.17) is 4.74 Å². The minimum absolute atomic E-state index is 0.0873. The molecule has 0 bridgehead atoms. The molecule has 2 aromatic heterocycles. The third-order valence-electron chi connectivity index (χ3n) is 5.02. The number of fused-ring (bicyclic) bond motifs is 1. The molecule has 7 nitrogen and oxygen atoms in total. The smallest absolute Gasteiger partial charge is 0.264 e. The van der Waals surface area contributed by atoms with Crippen molar-refractivity contribution in [2.24, 2.45) is 0 Å². The highest BCUT2D eigenvalue weighted by Crippen LogP contribution is 2.28. The Balaban J connectivity index is 1.73. The van der Waals surface area contributed by atoms with E-state index in [1.807, 2.05) is 13.0 Å². The number of para-hydroxylation sites is 2. The number of rotatable bonds is 5. The number of hydrogen-bond acceptors (Lipinski definition) is 6. The fraction of sp³-hybridized carbons (Fsp3) is 0.120. The van der Waals surface area contributed by atoms with Gasteiger partial charge in [-0.3, -0.25) is 14.7 Å². The quantitative estimate of drug-likeness (QED) is 0.436. The standard InChI is InChI=1S/C25H22N4O3S/c1-17-15-23(32-3)19(16-28-17)12-11-18-7-4-5-9-21(18)29-33(30,31)24-10-6-8-20-22(26-2)13-14-27-25(20)24/h4-10,13-16,29H,1-3H3,(H,26,27). The number of anilines is 2. The summed E-state index contributed by atoms with van der Waals surface area (Å²) in [6, 6.07) is 15.6. The van der Waals surface area contributed by atoms with Crippen LogP contribution in [0.1, 0.15) is 16.8 Å². The van der Waals surface area contributed by atoms with Gasteiger partial charge in [0.05, 0.1) is 23.9 Å². The van der Waals surface area contributed by atoms with Crippen molar-refractivity contribution in [1.29, 1.82) is 0 Å². The average Bonchev–Trinajstić information content (AvgIpc) is 2.83. The predicted octanol–water partition coefficient (Wildman–Crippen LogP) is 4.19. The zero-order chi connectivity index (χ0) is 23.4. The largest absolute Gasteiger partial charge is 0.495 e. The second-order valence-electron chi connectivity index (χ2n) is 7.19. The van der Waals surface area contributed by atoms with Crippen LogP contribution in [-0.2, 0) is 10.0 Å². The number of nitrogens with one attached hydrogen (secondary N) is 2. The molecule has 0 radical (unpaired) electrons. The third-order valence-corrected chi connectivity index (χ3v) is 6.42. The molecule has 0 spiro atoms. The lowest BCUT2D eigenvalue weighted by Crippen LogP contribution is -2.14. The van der Waals surface area contributed by atoms with Gasteiger partial charge in [0.2, 0.25) is 0 Å². The molecule has 0 aliphatic carbocycles. The number of pyridine rings is 2. The molecule has 166 valence electrons. The van der Waals surface area contributed by atoms with Crippen LogP contribution in [0.3, 0.4) is 0 Å². The van der Waals surface area contributed by atoms with Crippen LogP contribution in [0, 0.1) is 18.8 Å². The Morgan fingerprint density at radius 3 is 2.52 bits per heavy atom. The molecule has 8 heteroatoms. The van der Waals surface area contributed by atoms with Crippen molar-refractivity contribution < 1.29 is 13.2 Å². The molecular formula is C25H22N4O3S. The van der Waals surface area contributed by atoms with Crippen molar-refractivity contribution >= 4 is 32.3 Å². The first-order valence-corrected chi connectivity index (χ1v) is 11.6. The first kappa shape index (κ1) is 22.1. The van der Waals surface area contributed by atoms with Crippen LogP contribution in [0.15, 0.2) is 71.9 Å². The maximum atomic E-state index is 13.3. The first-order valence-electron chi connectivity index (χ1n) is 10.1. The molecule has 33 heavy (non-hydrogen) atoms. The minimum Gasteiger partial charge on any atom is -0.495 e. The normalized spacial score (nSPS) is 10.9. The predicted molar refractivity (Wildman–Crippen MR) is 130 cm³/mol. The number of sulfonamides is 1. The van der Waals surface area contributed by atoms with Gasteiger partial charge < -0.3 is 10.1 Å². The van der Waals surface area contributed by atoms with Gasteiger partial charge in [-0.25, -0.2) is 8.42 Å². The van der Waals surface area contributed by atoms with Gasteiger partial charge in [0.1, 0.15) is 10.6 Å². The van der Waals surface area contributed by atoms with E-state index >= 15 is 0 Å². The topological polar surface area (TPSA) is 93.2 Å². The second kappa shape index (κ2) is 9.18. The number of hydrogen-bond donors (Lipinski definition) is 2. The van der Waals surface area contributed by atoms with Gasteiger partial charge in [-0.2, -0.15) is 0 Å². The summed E-state index contributed by atoms with van der Waals surface area (Å²) in [5.41, 5.74) is 3.49. The Morgan fingerprint density at radius 2 is 1.73 bits per heavy atom. The van der Waals surface area contributed by atoms with Crippen molar-refractivity contribution in [3.05, 3.63) is 83.8 Å². The maximum Gasteiger partial charge on any atom is 0.264 e. The molecule has 4 rings (SSSR count). The summed E-state index contributed by atoms with van der Waals surface area (Å²) in [4.78, 5) is 8.66. The summed E-state index contributed by atoms with van der Waals surface area (Å²) in [6.45, 7) is 1.87. The summed E-state index contributed by atoms with van der Waals surface area (Å²) in [5, 5.41) is 3.78. The van der Waals surface area contributed by atoms with Crippen LogP contribution >= 0.6 is 0 Å². The molecule has 0 aliphatic rings. The van der Waals surface area contributed by atoms with Crippen molar-refractivity contribution in [2.75, 3.05) is 24.2 Å². The average molecular weight is 459 g/mol. The van der Waals surface area contributed by atoms with Crippen LogP contribution in [0.5, 0.6) is 5.75 Å². The van der Waals surface area contributed by atoms with Crippen molar-refractivity contribution in [3.8, 4) is 17.6 Å². The SMILES string of the molecule is CNc1ccnc2c(S(=O)(=O)Nc3ccccc3C#Cc3cnc(C)cc3OC)cccc12. The highest BCUT2D eigenvalue weighted by Gasteiger charge is 2.20. The van der Waals surface area contributed by atoms with E-state index in [9.17, 15) is 8.42 Å². The lowest BCUT2D eigenvalue weighted by atomic mass is 10.1. The molecule has 2 heterocycles. The summed E-state index contributed by atoms with van der Waals surface area (Å²) < 4.78 is 34.7. The van der Waals surface area contributed by atoms with Gasteiger partial charge in [0.15, 0.2) is 0 Å². The van der Waals surface area contributed by atoms with E-state index in [2.05, 4.69) is 31.8 Å². The Kier molecular flexibility index (Phi) is 6.16. The maximum absolute atomic E-state index is 13.3. The van der Waals surface area contributed by atoms with Crippen molar-refractivity contribution in [3.63, 3.8) is 0 Å². The number of ether oxygens (including phenoxy) is 1. The Labute approximate surface area is 192 Å². The molecular weight excluding hydrogens is 436 g/mol. The van der Waals surface area contributed by atoms with Crippen LogP contribution < -0.4 is 14.8 Å². The van der Waals surface area contributed by atoms with E-state index in [-0.39, 0.29) is 4.90 Å². The van der Waals surface area contributed by atoms with Crippen molar-refractivity contribution in [2.45, 2.75) is 11.8 Å². The molecule has 0 aliphatic heterocycles. The highest BCUT2D eigenvalue weighted by atomic mass is 32.2. The van der Waals surface area contributed by atoms with E-state index in [1.165, 1.54) is 6.07 Å². The van der Waals surface area contributed by atoms with Gasteiger partial charge in [0.25, 0.3) is 10.0 Å². The molecule has 0 saturated heterocycles. The first-order chi connectivity index (χ1) is 15.9. The molecule has 0 fully saturated rings. The number of benzene rings is 2. The highest BCUT2D eigenvalue weighted by molar-refractivity contribution is 7.93. The van der Waals surface area contributed by atoms with Crippen LogP contribution in [0.25, 0.3) is 10.9 Å². The van der Waals surface area contributed by atoms with Crippen LogP contribution in [0.4, 0.5) is 11.4 Å². The second-order valence-corrected chi connectivity index (χ2v) is 8.84. The molecule has 0 saturated carbocycles. The number of aryl methyl sites for hydroxylation is 1. The Morgan fingerprint density at radius 1 is 0.939 bits per heavy atom. The molecule has 0 amide bonds. The van der Waals surface area contributed by atoms with Crippen molar-refractivity contribution in [1.82, 2.24) is 9.97 Å². The molecule has 0 atom stereocenters. The number of aromatic nitrogens is 2. The van der Waals surface area contributed by atoms with Gasteiger partial charge >= 0.3 is 0 Å². The molecule has 0 unspecified atom stereocenters. The fourth-order valence-corrected chi connectivity index (χ4v) is 4.65. The summed E-state index contributed by atoms with van der Waals surface area (Å²) in [7, 11) is -0.585. The Hall–Kier alpha value is -4.09. The summed E-state index contributed by atoms with van der Waals surface area (Å²) >= 11 is 0. The van der Waals surface area contributed by atoms with Gasteiger partial charge in [-0.15, -0.1) is 0 Å². The van der Waals surface area contributed by atoms with Gasteiger partial charge in [0, 0.05) is 47.8 Å². The molecule has 2 N–H and O–H groups in total. The summed E-state index contributed by atoms with van der Waals surface area (Å²) in [6.07, 6.45) is 3.21. The van der Waals surface area contributed by atoms with E-state index in [1.54, 1.807) is 69.0 Å². The fourth-order valence-electron chi connectivity index (χ4n) is 3.40. The van der Waals surface area contributed by atoms with Crippen LogP contribution in [-0.4, -0.2) is 32.5 Å². The van der Waals surface area contributed by atoms with Gasteiger partial charge in [-0.1, -0.05) is 36.1 Å². The Bertz CT molecular complexity index is 1510. The van der Waals surface area contributed by atoms with E-state index in [0.717, 1.165) is 16.8 Å². The number of methoxy groups -OCH3 is 1. The van der Waals surface area contributed by atoms with Crippen LogP contribution in [0.2, 0.25) is 0 Å². The minimum atomic E-state index is -3.93. The molecule has 4 aromatic rings. The van der Waals surface area contributed by atoms with Gasteiger partial charge in [-0.05, 0) is 31.2 Å². The third kappa shape index (κ3) is 4.59. The lowest BCUT2D eigenvalue weighted by molar-refractivity contribution is 0.412. The lowest BCUT2D eigenvalue weighted by Gasteiger charge is -2.13. The number of nitrogens with zero attached hydrogens (tertiary/aromatic N) is 2. The molecule has 2 aromatic carbocycles. The monoisotopic (exact) mass is 458 g/mol. The zero-order valence-electron chi connectivity index (χ0n) is 18.4. The van der Waals surface area contributed by atoms with E-state index < -0.39 is 10.0 Å².